The molecule has 0 bridgehead atoms. The molecule has 29 heavy (non-hydrogen) atoms. The Morgan fingerprint density at radius 1 is 1.14 bits per heavy atom. The lowest BCUT2D eigenvalue weighted by atomic mass is 9.71. The molecule has 2 rings (SSSR count). The molecule has 8 heteroatoms. The zero-order chi connectivity index (χ0) is 21.5. The molecule has 0 N–H and O–H groups in total. The number of allylic oxidation sites excluding steroid dienone is 2. The molecule has 0 saturated carbocycles. The number of hydrogen-bond acceptors (Lipinski definition) is 6. The van der Waals surface area contributed by atoms with Crippen molar-refractivity contribution in [3.8, 4) is 0 Å². The zero-order valence-electron chi connectivity index (χ0n) is 16.5. The number of benzene rings is 1. The van der Waals surface area contributed by atoms with Gasteiger partial charge in [-0.05, 0) is 67.2 Å². The number of rotatable bonds is 8. The van der Waals surface area contributed by atoms with Crippen LogP contribution in [0.1, 0.15) is 33.1 Å². The first-order valence-corrected chi connectivity index (χ1v) is 11.8. The molecule has 0 amide bonds. The molecular formula is C21H25BrO6S. The van der Waals surface area contributed by atoms with Gasteiger partial charge in [-0.15, -0.1) is 0 Å². The monoisotopic (exact) mass is 484 g/mol. The summed E-state index contributed by atoms with van der Waals surface area (Å²) < 4.78 is 36.2. The van der Waals surface area contributed by atoms with Gasteiger partial charge in [0.2, 0.25) is 9.84 Å². The van der Waals surface area contributed by atoms with Crippen LogP contribution in [0.15, 0.2) is 57.3 Å². The van der Waals surface area contributed by atoms with E-state index in [4.69, 9.17) is 9.47 Å². The van der Waals surface area contributed by atoms with E-state index in [0.717, 1.165) is 18.9 Å². The maximum atomic E-state index is 13.1. The number of hydrogen-bond donors (Lipinski definition) is 0. The molecule has 0 radical (unpaired) electrons. The van der Waals surface area contributed by atoms with Crippen LogP contribution >= 0.6 is 15.9 Å². The average Bonchev–Trinajstić information content (AvgIpc) is 2.73. The van der Waals surface area contributed by atoms with Gasteiger partial charge in [0.05, 0.1) is 18.1 Å². The third-order valence-corrected chi connectivity index (χ3v) is 7.75. The van der Waals surface area contributed by atoms with E-state index in [1.54, 1.807) is 38.1 Å². The summed E-state index contributed by atoms with van der Waals surface area (Å²) in [4.78, 5) is 26.2. The third-order valence-electron chi connectivity index (χ3n) is 4.72. The highest BCUT2D eigenvalue weighted by Crippen LogP contribution is 2.42. The van der Waals surface area contributed by atoms with Crippen molar-refractivity contribution in [1.29, 1.82) is 0 Å². The molecule has 0 spiro atoms. The highest BCUT2D eigenvalue weighted by molar-refractivity contribution is 9.13. The lowest BCUT2D eigenvalue weighted by molar-refractivity contribution is -0.171. The smallest absolute Gasteiger partial charge is 0.328 e. The summed E-state index contributed by atoms with van der Waals surface area (Å²) in [6, 6.07) is 7.79. The SMILES string of the molecule is CCOC(=O)C(/C=C(\Br)S(=O)(=O)c1ccccc1)(C(=O)OCC)C1C=CCCC1. The molecule has 0 aromatic heterocycles. The number of ether oxygens (including phenoxy) is 2. The van der Waals surface area contributed by atoms with Crippen molar-refractivity contribution < 1.29 is 27.5 Å². The third kappa shape index (κ3) is 4.98. The molecule has 1 atom stereocenters. The molecule has 1 unspecified atom stereocenters. The van der Waals surface area contributed by atoms with Crippen LogP contribution in [0, 0.1) is 11.3 Å². The fourth-order valence-corrected chi connectivity index (χ4v) is 5.28. The fraction of sp³-hybridized carbons (Fsp3) is 0.429. The Kier molecular flexibility index (Phi) is 8.22. The Morgan fingerprint density at radius 3 is 2.21 bits per heavy atom. The molecule has 0 heterocycles. The normalized spacial score (nSPS) is 17.6. The first-order valence-electron chi connectivity index (χ1n) is 9.50. The van der Waals surface area contributed by atoms with E-state index in [-0.39, 0.29) is 21.9 Å². The summed E-state index contributed by atoms with van der Waals surface area (Å²) in [5.41, 5.74) is -1.90. The maximum Gasteiger partial charge on any atom is 0.328 e. The summed E-state index contributed by atoms with van der Waals surface area (Å²) in [6.45, 7) is 3.36. The van der Waals surface area contributed by atoms with Crippen LogP contribution in [0.25, 0.3) is 0 Å². The van der Waals surface area contributed by atoms with Crippen molar-refractivity contribution >= 4 is 37.7 Å². The average molecular weight is 485 g/mol. The molecule has 0 fully saturated rings. The van der Waals surface area contributed by atoms with E-state index in [0.29, 0.717) is 6.42 Å². The van der Waals surface area contributed by atoms with Gasteiger partial charge >= 0.3 is 11.9 Å². The van der Waals surface area contributed by atoms with Gasteiger partial charge in [0, 0.05) is 5.92 Å². The van der Waals surface area contributed by atoms with Crippen molar-refractivity contribution in [3.05, 3.63) is 52.4 Å². The highest BCUT2D eigenvalue weighted by atomic mass is 79.9. The standard InChI is InChI=1S/C21H25BrO6S/c1-3-27-19(23)21(20(24)28-4-2,16-11-7-5-8-12-16)15-18(22)29(25,26)17-13-9-6-10-14-17/h6-7,9-11,13-16H,3-5,8,12H2,1-2H3/b18-15+. The predicted octanol–water partition coefficient (Wildman–Crippen LogP) is 4.17. The first kappa shape index (κ1) is 23.3. The van der Waals surface area contributed by atoms with Gasteiger partial charge in [-0.25, -0.2) is 8.42 Å². The van der Waals surface area contributed by atoms with Gasteiger partial charge < -0.3 is 9.47 Å². The van der Waals surface area contributed by atoms with Crippen LogP contribution in [0.3, 0.4) is 0 Å². The molecular weight excluding hydrogens is 460 g/mol. The van der Waals surface area contributed by atoms with E-state index >= 15 is 0 Å². The molecule has 1 aromatic rings. The minimum Gasteiger partial charge on any atom is -0.465 e. The topological polar surface area (TPSA) is 86.7 Å². The number of sulfone groups is 1. The summed E-state index contributed by atoms with van der Waals surface area (Å²) in [6.07, 6.45) is 6.91. The number of carbonyl (C=O) groups is 2. The van der Waals surface area contributed by atoms with Crippen LogP contribution < -0.4 is 0 Å². The highest BCUT2D eigenvalue weighted by Gasteiger charge is 2.53. The Bertz CT molecular complexity index is 871. The van der Waals surface area contributed by atoms with Gasteiger partial charge in [0.15, 0.2) is 5.41 Å². The van der Waals surface area contributed by atoms with E-state index in [9.17, 15) is 18.0 Å². The summed E-state index contributed by atoms with van der Waals surface area (Å²) in [7, 11) is -3.97. The van der Waals surface area contributed by atoms with Gasteiger partial charge in [0.1, 0.15) is 3.81 Å². The Morgan fingerprint density at radius 2 is 1.72 bits per heavy atom. The van der Waals surface area contributed by atoms with Crippen LogP contribution in [0.5, 0.6) is 0 Å². The molecule has 6 nitrogen and oxygen atoms in total. The van der Waals surface area contributed by atoms with Crippen molar-refractivity contribution in [1.82, 2.24) is 0 Å². The lowest BCUT2D eigenvalue weighted by Crippen LogP contribution is -2.46. The van der Waals surface area contributed by atoms with Gasteiger partial charge in [-0.1, -0.05) is 30.4 Å². The van der Waals surface area contributed by atoms with Crippen molar-refractivity contribution in [2.75, 3.05) is 13.2 Å². The van der Waals surface area contributed by atoms with E-state index in [1.807, 2.05) is 6.08 Å². The van der Waals surface area contributed by atoms with Crippen LogP contribution in [-0.2, 0) is 28.9 Å². The van der Waals surface area contributed by atoms with Gasteiger partial charge in [-0.3, -0.25) is 9.59 Å². The number of esters is 2. The Labute approximate surface area is 180 Å². The predicted molar refractivity (Wildman–Crippen MR) is 113 cm³/mol. The molecule has 1 aromatic carbocycles. The molecule has 0 saturated heterocycles. The minimum atomic E-state index is -3.97. The van der Waals surface area contributed by atoms with Crippen molar-refractivity contribution in [2.24, 2.45) is 11.3 Å². The van der Waals surface area contributed by atoms with Crippen LogP contribution in [0.4, 0.5) is 0 Å². The largest absolute Gasteiger partial charge is 0.465 e. The summed E-state index contributed by atoms with van der Waals surface area (Å²) in [5, 5.41) is 0. The van der Waals surface area contributed by atoms with Gasteiger partial charge in [-0.2, -0.15) is 0 Å². The van der Waals surface area contributed by atoms with E-state index < -0.39 is 33.1 Å². The molecule has 158 valence electrons. The van der Waals surface area contributed by atoms with Crippen LogP contribution in [-0.4, -0.2) is 33.6 Å². The minimum absolute atomic E-state index is 0.0453. The van der Waals surface area contributed by atoms with Crippen molar-refractivity contribution in [2.45, 2.75) is 38.0 Å². The lowest BCUT2D eigenvalue weighted by Gasteiger charge is -2.34. The fourth-order valence-electron chi connectivity index (χ4n) is 3.27. The second kappa shape index (κ2) is 10.2. The van der Waals surface area contributed by atoms with Crippen LogP contribution in [0.2, 0.25) is 0 Å². The van der Waals surface area contributed by atoms with Crippen molar-refractivity contribution in [3.63, 3.8) is 0 Å². The molecule has 1 aliphatic rings. The van der Waals surface area contributed by atoms with Gasteiger partial charge in [0.25, 0.3) is 0 Å². The summed E-state index contributed by atoms with van der Waals surface area (Å²) >= 11 is 3.11. The summed E-state index contributed by atoms with van der Waals surface area (Å²) in [5.74, 6) is -2.22. The quantitative estimate of drug-likeness (QED) is 0.312. The second-order valence-electron chi connectivity index (χ2n) is 6.54. The second-order valence-corrected chi connectivity index (χ2v) is 9.84. The molecule has 1 aliphatic carbocycles. The zero-order valence-corrected chi connectivity index (χ0v) is 18.9. The Balaban J connectivity index is 2.68. The maximum absolute atomic E-state index is 13.1. The van der Waals surface area contributed by atoms with E-state index in [1.165, 1.54) is 12.1 Å². The molecule has 0 aliphatic heterocycles. The van der Waals surface area contributed by atoms with E-state index in [2.05, 4.69) is 15.9 Å². The Hall–Kier alpha value is -1.93. The number of carbonyl (C=O) groups excluding carboxylic acids is 2. The number of halogens is 1. The first-order chi connectivity index (χ1) is 13.8.